The molecule has 4 heteroatoms. The molecule has 1 saturated heterocycles. The van der Waals surface area contributed by atoms with Crippen molar-refractivity contribution in [3.8, 4) is 0 Å². The zero-order valence-corrected chi connectivity index (χ0v) is 12.4. The van der Waals surface area contributed by atoms with Gasteiger partial charge in [0.15, 0.2) is 0 Å². The van der Waals surface area contributed by atoms with Crippen LogP contribution in [0.25, 0.3) is 0 Å². The summed E-state index contributed by atoms with van der Waals surface area (Å²) in [7, 11) is 0. The summed E-state index contributed by atoms with van der Waals surface area (Å²) >= 11 is 0. The summed E-state index contributed by atoms with van der Waals surface area (Å²) in [6.45, 7) is 5.98. The highest BCUT2D eigenvalue weighted by Crippen LogP contribution is 2.19. The van der Waals surface area contributed by atoms with Gasteiger partial charge in [-0.15, -0.1) is 0 Å². The van der Waals surface area contributed by atoms with Gasteiger partial charge in [-0.1, -0.05) is 33.1 Å². The Bertz CT molecular complexity index is 260. The number of hydrogen-bond donors (Lipinski definition) is 2. The van der Waals surface area contributed by atoms with Crippen LogP contribution in [0.2, 0.25) is 0 Å². The summed E-state index contributed by atoms with van der Waals surface area (Å²) in [5.41, 5.74) is -0.758. The smallest absolute Gasteiger partial charge is 0.220 e. The highest BCUT2D eigenvalue weighted by Gasteiger charge is 2.29. The zero-order chi connectivity index (χ0) is 14.1. The SMILES string of the molecule is CC(C)CCCCCC(=O)NCC1(O)CCOCC1. The number of hydrogen-bond acceptors (Lipinski definition) is 3. The molecule has 1 aliphatic heterocycles. The van der Waals surface area contributed by atoms with Crippen molar-refractivity contribution >= 4 is 5.91 Å². The predicted octanol–water partition coefficient (Wildman–Crippen LogP) is 2.25. The van der Waals surface area contributed by atoms with E-state index in [-0.39, 0.29) is 5.91 Å². The summed E-state index contributed by atoms with van der Waals surface area (Å²) < 4.78 is 5.21. The fraction of sp³-hybridized carbons (Fsp3) is 0.933. The van der Waals surface area contributed by atoms with E-state index in [0.29, 0.717) is 39.0 Å². The number of ether oxygens (including phenoxy) is 1. The first-order chi connectivity index (χ1) is 9.02. The summed E-state index contributed by atoms with van der Waals surface area (Å²) in [4.78, 5) is 11.7. The number of aliphatic hydroxyl groups is 1. The van der Waals surface area contributed by atoms with Gasteiger partial charge >= 0.3 is 0 Å². The Morgan fingerprint density at radius 1 is 1.26 bits per heavy atom. The van der Waals surface area contributed by atoms with Gasteiger partial charge in [0.25, 0.3) is 0 Å². The Morgan fingerprint density at radius 2 is 1.95 bits per heavy atom. The lowest BCUT2D eigenvalue weighted by Gasteiger charge is -2.32. The van der Waals surface area contributed by atoms with E-state index in [2.05, 4.69) is 19.2 Å². The van der Waals surface area contributed by atoms with Gasteiger partial charge < -0.3 is 15.2 Å². The van der Waals surface area contributed by atoms with E-state index in [1.54, 1.807) is 0 Å². The van der Waals surface area contributed by atoms with E-state index in [1.165, 1.54) is 12.8 Å². The van der Waals surface area contributed by atoms with E-state index in [0.717, 1.165) is 18.8 Å². The van der Waals surface area contributed by atoms with E-state index in [4.69, 9.17) is 4.74 Å². The Morgan fingerprint density at radius 3 is 2.58 bits per heavy atom. The molecule has 4 nitrogen and oxygen atoms in total. The van der Waals surface area contributed by atoms with Crippen LogP contribution in [0.3, 0.4) is 0 Å². The molecular weight excluding hydrogens is 242 g/mol. The molecule has 1 rings (SSSR count). The van der Waals surface area contributed by atoms with Gasteiger partial charge in [-0.25, -0.2) is 0 Å². The second-order valence-corrected chi connectivity index (χ2v) is 6.11. The number of carbonyl (C=O) groups excluding carboxylic acids is 1. The van der Waals surface area contributed by atoms with E-state index >= 15 is 0 Å². The molecule has 0 unspecified atom stereocenters. The minimum atomic E-state index is -0.758. The van der Waals surface area contributed by atoms with Crippen LogP contribution in [0.4, 0.5) is 0 Å². The zero-order valence-electron chi connectivity index (χ0n) is 12.4. The van der Waals surface area contributed by atoms with Crippen LogP contribution < -0.4 is 5.32 Å². The van der Waals surface area contributed by atoms with Gasteiger partial charge in [0.1, 0.15) is 0 Å². The van der Waals surface area contributed by atoms with Crippen molar-refractivity contribution in [2.24, 2.45) is 5.92 Å². The van der Waals surface area contributed by atoms with E-state index < -0.39 is 5.60 Å². The van der Waals surface area contributed by atoms with E-state index in [1.807, 2.05) is 0 Å². The molecule has 112 valence electrons. The summed E-state index contributed by atoms with van der Waals surface area (Å²) in [6, 6.07) is 0. The average molecular weight is 271 g/mol. The van der Waals surface area contributed by atoms with Crippen molar-refractivity contribution in [3.05, 3.63) is 0 Å². The van der Waals surface area contributed by atoms with Crippen molar-refractivity contribution in [2.75, 3.05) is 19.8 Å². The maximum atomic E-state index is 11.7. The van der Waals surface area contributed by atoms with Crippen molar-refractivity contribution in [1.29, 1.82) is 0 Å². The van der Waals surface area contributed by atoms with Gasteiger partial charge in [0.2, 0.25) is 5.91 Å². The molecule has 0 aliphatic carbocycles. The van der Waals surface area contributed by atoms with E-state index in [9.17, 15) is 9.90 Å². The number of unbranched alkanes of at least 4 members (excludes halogenated alkanes) is 2. The van der Waals surface area contributed by atoms with Crippen LogP contribution in [0.15, 0.2) is 0 Å². The fourth-order valence-electron chi connectivity index (χ4n) is 2.29. The number of amides is 1. The number of nitrogens with one attached hydrogen (secondary N) is 1. The molecule has 1 fully saturated rings. The van der Waals surface area contributed by atoms with Crippen molar-refractivity contribution in [2.45, 2.75) is 64.4 Å². The van der Waals surface area contributed by atoms with Crippen molar-refractivity contribution in [3.63, 3.8) is 0 Å². The highest BCUT2D eigenvalue weighted by molar-refractivity contribution is 5.75. The van der Waals surface area contributed by atoms with Gasteiger partial charge in [-0.05, 0) is 12.3 Å². The largest absolute Gasteiger partial charge is 0.388 e. The fourth-order valence-corrected chi connectivity index (χ4v) is 2.29. The molecule has 0 saturated carbocycles. The van der Waals surface area contributed by atoms with Gasteiger partial charge in [-0.2, -0.15) is 0 Å². The van der Waals surface area contributed by atoms with Crippen LogP contribution in [-0.4, -0.2) is 36.4 Å². The quantitative estimate of drug-likeness (QED) is 0.666. The normalized spacial score (nSPS) is 18.5. The van der Waals surface area contributed by atoms with Crippen LogP contribution in [0, 0.1) is 5.92 Å². The lowest BCUT2D eigenvalue weighted by Crippen LogP contribution is -2.46. The first-order valence-electron chi connectivity index (χ1n) is 7.59. The Kier molecular flexibility index (Phi) is 7.39. The molecule has 0 bridgehead atoms. The molecule has 0 aromatic carbocycles. The second kappa shape index (κ2) is 8.54. The molecule has 0 atom stereocenters. The number of carbonyl (C=O) groups is 1. The van der Waals surface area contributed by atoms with Crippen LogP contribution in [0.5, 0.6) is 0 Å². The molecule has 19 heavy (non-hydrogen) atoms. The minimum absolute atomic E-state index is 0.0597. The summed E-state index contributed by atoms with van der Waals surface area (Å²) in [5.74, 6) is 0.807. The first kappa shape index (κ1) is 16.4. The topological polar surface area (TPSA) is 58.6 Å². The minimum Gasteiger partial charge on any atom is -0.388 e. The van der Waals surface area contributed by atoms with Crippen LogP contribution in [0.1, 0.15) is 58.8 Å². The molecule has 1 heterocycles. The highest BCUT2D eigenvalue weighted by atomic mass is 16.5. The Balaban J connectivity index is 2.04. The van der Waals surface area contributed by atoms with Crippen LogP contribution >= 0.6 is 0 Å². The third-order valence-electron chi connectivity index (χ3n) is 3.72. The standard InChI is InChI=1S/C15H29NO3/c1-13(2)6-4-3-5-7-14(17)16-12-15(18)8-10-19-11-9-15/h13,18H,3-12H2,1-2H3,(H,16,17). The van der Waals surface area contributed by atoms with Gasteiger partial charge in [0.05, 0.1) is 5.60 Å². The molecule has 0 aromatic heterocycles. The predicted molar refractivity (Wildman–Crippen MR) is 75.9 cm³/mol. The van der Waals surface area contributed by atoms with Crippen molar-refractivity contribution < 1.29 is 14.6 Å². The Labute approximate surface area is 116 Å². The number of rotatable bonds is 8. The summed E-state index contributed by atoms with van der Waals surface area (Å²) in [6.07, 6.45) is 6.30. The molecule has 1 amide bonds. The lowest BCUT2D eigenvalue weighted by molar-refractivity contribution is -0.124. The molecule has 2 N–H and O–H groups in total. The van der Waals surface area contributed by atoms with Crippen molar-refractivity contribution in [1.82, 2.24) is 5.32 Å². The van der Waals surface area contributed by atoms with Gasteiger partial charge in [-0.3, -0.25) is 4.79 Å². The molecular formula is C15H29NO3. The maximum absolute atomic E-state index is 11.7. The third-order valence-corrected chi connectivity index (χ3v) is 3.72. The summed E-state index contributed by atoms with van der Waals surface area (Å²) in [5, 5.41) is 13.0. The third kappa shape index (κ3) is 7.53. The maximum Gasteiger partial charge on any atom is 0.220 e. The second-order valence-electron chi connectivity index (χ2n) is 6.11. The molecule has 0 aromatic rings. The molecule has 1 aliphatic rings. The first-order valence-corrected chi connectivity index (χ1v) is 7.59. The van der Waals surface area contributed by atoms with Gasteiger partial charge in [0, 0.05) is 39.0 Å². The lowest BCUT2D eigenvalue weighted by atomic mass is 9.94. The molecule has 0 radical (unpaired) electrons. The monoisotopic (exact) mass is 271 g/mol. The average Bonchev–Trinajstić information content (AvgIpc) is 2.37. The molecule has 0 spiro atoms. The Hall–Kier alpha value is -0.610. The van der Waals surface area contributed by atoms with Crippen LogP contribution in [-0.2, 0) is 9.53 Å².